The van der Waals surface area contributed by atoms with Crippen LogP contribution < -0.4 is 5.32 Å². The van der Waals surface area contributed by atoms with Crippen LogP contribution in [0.15, 0.2) is 48.5 Å². The standard InChI is InChI=1S/C21H26N2O/c1-15(2)23(13-17-7-5-4-6-8-17)14-21(24)18-9-10-20-19(12-18)11-16(3)22-20/h4-10,12,15-16,22H,11,13-14H2,1-3H3. The Morgan fingerprint density at radius 2 is 1.96 bits per heavy atom. The number of nitrogens with zero attached hydrogens (tertiary/aromatic N) is 1. The molecule has 0 saturated heterocycles. The van der Waals surface area contributed by atoms with Gasteiger partial charge in [0.05, 0.1) is 6.54 Å². The lowest BCUT2D eigenvalue weighted by atomic mass is 10.0. The number of carbonyl (C=O) groups excluding carboxylic acids is 1. The van der Waals surface area contributed by atoms with Crippen LogP contribution in [0.5, 0.6) is 0 Å². The van der Waals surface area contributed by atoms with Gasteiger partial charge in [-0.3, -0.25) is 9.69 Å². The van der Waals surface area contributed by atoms with Crippen LogP contribution in [0.2, 0.25) is 0 Å². The highest BCUT2D eigenvalue weighted by Crippen LogP contribution is 2.26. The molecule has 1 aliphatic heterocycles. The van der Waals surface area contributed by atoms with Gasteiger partial charge in [-0.25, -0.2) is 0 Å². The van der Waals surface area contributed by atoms with Crippen molar-refractivity contribution in [3.63, 3.8) is 0 Å². The monoisotopic (exact) mass is 322 g/mol. The molecule has 1 heterocycles. The minimum absolute atomic E-state index is 0.196. The van der Waals surface area contributed by atoms with Crippen molar-refractivity contribution in [2.24, 2.45) is 0 Å². The molecule has 0 saturated carbocycles. The largest absolute Gasteiger partial charge is 0.382 e. The van der Waals surface area contributed by atoms with Gasteiger partial charge in [-0.15, -0.1) is 0 Å². The molecule has 2 aromatic carbocycles. The van der Waals surface area contributed by atoms with Crippen LogP contribution in [-0.4, -0.2) is 29.3 Å². The Kier molecular flexibility index (Phi) is 5.00. The Morgan fingerprint density at radius 3 is 2.67 bits per heavy atom. The summed E-state index contributed by atoms with van der Waals surface area (Å²) in [5.74, 6) is 0.196. The van der Waals surface area contributed by atoms with Gasteiger partial charge in [0.1, 0.15) is 0 Å². The molecule has 3 nitrogen and oxygen atoms in total. The highest BCUT2D eigenvalue weighted by Gasteiger charge is 2.20. The Bertz CT molecular complexity index is 709. The fourth-order valence-corrected chi connectivity index (χ4v) is 3.24. The Balaban J connectivity index is 1.71. The minimum atomic E-state index is 0.196. The van der Waals surface area contributed by atoms with E-state index in [1.165, 1.54) is 16.8 Å². The Morgan fingerprint density at radius 1 is 1.21 bits per heavy atom. The van der Waals surface area contributed by atoms with Crippen LogP contribution in [0.1, 0.15) is 42.3 Å². The SMILES string of the molecule is CC1Cc2cc(C(=O)CN(Cc3ccccc3)C(C)C)ccc2N1. The summed E-state index contributed by atoms with van der Waals surface area (Å²) >= 11 is 0. The van der Waals surface area contributed by atoms with Crippen molar-refractivity contribution >= 4 is 11.5 Å². The number of hydrogen-bond donors (Lipinski definition) is 1. The highest BCUT2D eigenvalue weighted by atomic mass is 16.1. The van der Waals surface area contributed by atoms with Gasteiger partial charge in [0, 0.05) is 29.9 Å². The van der Waals surface area contributed by atoms with E-state index in [1.54, 1.807) is 0 Å². The number of nitrogens with one attached hydrogen (secondary N) is 1. The van der Waals surface area contributed by atoms with Gasteiger partial charge < -0.3 is 5.32 Å². The van der Waals surface area contributed by atoms with Gasteiger partial charge in [0.25, 0.3) is 0 Å². The number of hydrogen-bond acceptors (Lipinski definition) is 3. The number of rotatable bonds is 6. The molecule has 0 aromatic heterocycles. The maximum absolute atomic E-state index is 12.8. The predicted molar refractivity (Wildman–Crippen MR) is 99.5 cm³/mol. The lowest BCUT2D eigenvalue weighted by Gasteiger charge is -2.26. The number of Topliss-reactive ketones (excluding diaryl/α,β-unsaturated/α-hetero) is 1. The van der Waals surface area contributed by atoms with Crippen molar-refractivity contribution in [3.05, 3.63) is 65.2 Å². The average molecular weight is 322 g/mol. The number of ketones is 1. The van der Waals surface area contributed by atoms with Crippen LogP contribution in [0.3, 0.4) is 0 Å². The summed E-state index contributed by atoms with van der Waals surface area (Å²) in [6.07, 6.45) is 0.994. The molecule has 1 unspecified atom stereocenters. The van der Waals surface area contributed by atoms with Crippen molar-refractivity contribution in [1.82, 2.24) is 4.90 Å². The van der Waals surface area contributed by atoms with Crippen molar-refractivity contribution in [3.8, 4) is 0 Å². The zero-order chi connectivity index (χ0) is 17.1. The molecular weight excluding hydrogens is 296 g/mol. The smallest absolute Gasteiger partial charge is 0.176 e. The zero-order valence-electron chi connectivity index (χ0n) is 14.8. The van der Waals surface area contributed by atoms with Gasteiger partial charge in [0.15, 0.2) is 5.78 Å². The fraction of sp³-hybridized carbons (Fsp3) is 0.381. The molecule has 0 radical (unpaired) electrons. The number of anilines is 1. The molecule has 1 aliphatic rings. The van der Waals surface area contributed by atoms with Crippen LogP contribution in [0.25, 0.3) is 0 Å². The van der Waals surface area contributed by atoms with Crippen LogP contribution in [0, 0.1) is 0 Å². The van der Waals surface area contributed by atoms with E-state index in [9.17, 15) is 4.79 Å². The summed E-state index contributed by atoms with van der Waals surface area (Å²) in [6, 6.07) is 17.2. The van der Waals surface area contributed by atoms with Crippen LogP contribution >= 0.6 is 0 Å². The second kappa shape index (κ2) is 7.18. The number of carbonyl (C=O) groups is 1. The summed E-state index contributed by atoms with van der Waals surface area (Å²) < 4.78 is 0. The van der Waals surface area contributed by atoms with Crippen molar-refractivity contribution in [2.75, 3.05) is 11.9 Å². The zero-order valence-corrected chi connectivity index (χ0v) is 14.8. The lowest BCUT2D eigenvalue weighted by molar-refractivity contribution is 0.0898. The van der Waals surface area contributed by atoms with E-state index in [0.29, 0.717) is 18.6 Å². The molecular formula is C21H26N2O. The van der Waals surface area contributed by atoms with Crippen LogP contribution in [-0.2, 0) is 13.0 Å². The summed E-state index contributed by atoms with van der Waals surface area (Å²) in [7, 11) is 0. The van der Waals surface area contributed by atoms with E-state index >= 15 is 0 Å². The van der Waals surface area contributed by atoms with Gasteiger partial charge >= 0.3 is 0 Å². The molecule has 0 aliphatic carbocycles. The van der Waals surface area contributed by atoms with E-state index in [4.69, 9.17) is 0 Å². The molecule has 2 aromatic rings. The molecule has 0 spiro atoms. The van der Waals surface area contributed by atoms with E-state index in [-0.39, 0.29) is 5.78 Å². The highest BCUT2D eigenvalue weighted by molar-refractivity contribution is 5.98. The molecule has 24 heavy (non-hydrogen) atoms. The second-order valence-electron chi connectivity index (χ2n) is 7.03. The second-order valence-corrected chi connectivity index (χ2v) is 7.03. The quantitative estimate of drug-likeness (QED) is 0.811. The minimum Gasteiger partial charge on any atom is -0.382 e. The predicted octanol–water partition coefficient (Wildman–Crippen LogP) is 4.14. The summed E-state index contributed by atoms with van der Waals surface area (Å²) in [5, 5.41) is 3.43. The van der Waals surface area contributed by atoms with E-state index in [0.717, 1.165) is 18.5 Å². The van der Waals surface area contributed by atoms with E-state index in [1.807, 2.05) is 30.3 Å². The van der Waals surface area contributed by atoms with Gasteiger partial charge in [-0.05, 0) is 56.5 Å². The first kappa shape index (κ1) is 16.7. The molecule has 3 heteroatoms. The molecule has 1 atom stereocenters. The molecule has 1 N–H and O–H groups in total. The normalized spacial score (nSPS) is 16.3. The third-order valence-electron chi connectivity index (χ3n) is 4.66. The molecule has 126 valence electrons. The number of fused-ring (bicyclic) bond motifs is 1. The van der Waals surface area contributed by atoms with Crippen molar-refractivity contribution in [2.45, 2.75) is 45.8 Å². The first-order valence-electron chi connectivity index (χ1n) is 8.73. The van der Waals surface area contributed by atoms with Gasteiger partial charge in [-0.2, -0.15) is 0 Å². The molecule has 0 bridgehead atoms. The first-order chi connectivity index (χ1) is 11.5. The van der Waals surface area contributed by atoms with E-state index < -0.39 is 0 Å². The molecule has 0 amide bonds. The summed E-state index contributed by atoms with van der Waals surface area (Å²) in [6.45, 7) is 7.71. The number of benzene rings is 2. The van der Waals surface area contributed by atoms with Crippen molar-refractivity contribution < 1.29 is 4.79 Å². The maximum Gasteiger partial charge on any atom is 0.176 e. The molecule has 3 rings (SSSR count). The topological polar surface area (TPSA) is 32.3 Å². The molecule has 0 fully saturated rings. The van der Waals surface area contributed by atoms with Gasteiger partial charge in [0.2, 0.25) is 0 Å². The first-order valence-corrected chi connectivity index (χ1v) is 8.73. The lowest BCUT2D eigenvalue weighted by Crippen LogP contribution is -2.35. The summed E-state index contributed by atoms with van der Waals surface area (Å²) in [4.78, 5) is 15.0. The Hall–Kier alpha value is -2.13. The summed E-state index contributed by atoms with van der Waals surface area (Å²) in [5.41, 5.74) is 4.49. The fourth-order valence-electron chi connectivity index (χ4n) is 3.24. The average Bonchev–Trinajstić information content (AvgIpc) is 2.94. The maximum atomic E-state index is 12.8. The van der Waals surface area contributed by atoms with Crippen LogP contribution in [0.4, 0.5) is 5.69 Å². The third-order valence-corrected chi connectivity index (χ3v) is 4.66. The Labute approximate surface area is 144 Å². The third kappa shape index (κ3) is 3.85. The van der Waals surface area contributed by atoms with E-state index in [2.05, 4.69) is 49.2 Å². The van der Waals surface area contributed by atoms with Gasteiger partial charge in [-0.1, -0.05) is 30.3 Å². The van der Waals surface area contributed by atoms with Crippen molar-refractivity contribution in [1.29, 1.82) is 0 Å².